The molecule has 0 aromatic heterocycles. The third-order valence-electron chi connectivity index (χ3n) is 3.94. The summed E-state index contributed by atoms with van der Waals surface area (Å²) in [6, 6.07) is 27.9. The van der Waals surface area contributed by atoms with E-state index < -0.39 is 0 Å². The summed E-state index contributed by atoms with van der Waals surface area (Å²) >= 11 is 6.03. The van der Waals surface area contributed by atoms with E-state index in [1.165, 1.54) is 0 Å². The van der Waals surface area contributed by atoms with Crippen molar-refractivity contribution >= 4 is 28.7 Å². The van der Waals surface area contributed by atoms with Gasteiger partial charge in [-0.3, -0.25) is 5.43 Å². The normalized spacial score (nSPS) is 13.7. The van der Waals surface area contributed by atoms with Crippen molar-refractivity contribution in [1.82, 2.24) is 5.43 Å². The molecule has 122 valence electrons. The highest BCUT2D eigenvalue weighted by atomic mass is 35.5. The van der Waals surface area contributed by atoms with Gasteiger partial charge in [0.05, 0.1) is 17.1 Å². The molecule has 1 aliphatic rings. The number of rotatable bonds is 3. The van der Waals surface area contributed by atoms with Crippen LogP contribution in [0.15, 0.2) is 96.1 Å². The maximum absolute atomic E-state index is 6.03. The second-order valence-corrected chi connectivity index (χ2v) is 6.11. The van der Waals surface area contributed by atoms with Crippen LogP contribution in [0, 0.1) is 0 Å². The topological polar surface area (TPSA) is 27.6 Å². The lowest BCUT2D eigenvalue weighted by molar-refractivity contribution is 0.787. The van der Waals surface area contributed by atoms with Gasteiger partial charge in [-0.1, -0.05) is 72.3 Å². The highest BCUT2D eigenvalue weighted by Crippen LogP contribution is 2.23. The SMILES string of the molecule is Clc1ccc(C2=CC(c3ccccc3)=NN(c3ccccc3)N2)cc1. The Morgan fingerprint density at radius 2 is 1.36 bits per heavy atom. The van der Waals surface area contributed by atoms with Gasteiger partial charge >= 0.3 is 0 Å². The second kappa shape index (κ2) is 6.83. The maximum Gasteiger partial charge on any atom is 0.0949 e. The summed E-state index contributed by atoms with van der Waals surface area (Å²) in [5.74, 6) is 0. The van der Waals surface area contributed by atoms with E-state index in [9.17, 15) is 0 Å². The molecule has 3 nitrogen and oxygen atoms in total. The van der Waals surface area contributed by atoms with E-state index in [1.54, 1.807) is 5.12 Å². The molecule has 0 amide bonds. The second-order valence-electron chi connectivity index (χ2n) is 5.68. The number of benzene rings is 3. The Morgan fingerprint density at radius 1 is 0.720 bits per heavy atom. The molecule has 0 aliphatic carbocycles. The van der Waals surface area contributed by atoms with Crippen LogP contribution in [0.1, 0.15) is 11.1 Å². The van der Waals surface area contributed by atoms with E-state index in [0.717, 1.165) is 33.2 Å². The molecular weight excluding hydrogens is 330 g/mol. The zero-order valence-corrected chi connectivity index (χ0v) is 14.2. The molecule has 1 heterocycles. The minimum atomic E-state index is 0.719. The first-order valence-electron chi connectivity index (χ1n) is 8.03. The van der Waals surface area contributed by atoms with Gasteiger partial charge in [0, 0.05) is 10.6 Å². The Kier molecular flexibility index (Phi) is 4.23. The lowest BCUT2D eigenvalue weighted by Crippen LogP contribution is -2.36. The monoisotopic (exact) mass is 345 g/mol. The summed E-state index contributed by atoms with van der Waals surface area (Å²) in [5.41, 5.74) is 8.32. The van der Waals surface area contributed by atoms with E-state index >= 15 is 0 Å². The maximum atomic E-state index is 6.03. The molecule has 1 aliphatic heterocycles. The van der Waals surface area contributed by atoms with Crippen molar-refractivity contribution in [2.45, 2.75) is 0 Å². The van der Waals surface area contributed by atoms with Crippen LogP contribution < -0.4 is 10.5 Å². The van der Waals surface area contributed by atoms with E-state index in [2.05, 4.69) is 23.6 Å². The molecule has 0 spiro atoms. The van der Waals surface area contributed by atoms with Crippen LogP contribution in [0.3, 0.4) is 0 Å². The van der Waals surface area contributed by atoms with Gasteiger partial charge in [-0.2, -0.15) is 10.2 Å². The van der Waals surface area contributed by atoms with Gasteiger partial charge in [0.1, 0.15) is 0 Å². The summed E-state index contributed by atoms with van der Waals surface area (Å²) < 4.78 is 0. The average molecular weight is 346 g/mol. The van der Waals surface area contributed by atoms with Gasteiger partial charge in [0.2, 0.25) is 0 Å². The third kappa shape index (κ3) is 3.42. The summed E-state index contributed by atoms with van der Waals surface area (Å²) in [6.07, 6.45) is 2.05. The largest absolute Gasteiger partial charge is 0.277 e. The van der Waals surface area contributed by atoms with Gasteiger partial charge in [-0.15, -0.1) is 0 Å². The van der Waals surface area contributed by atoms with E-state index in [4.69, 9.17) is 16.7 Å². The minimum Gasteiger partial charge on any atom is -0.277 e. The molecule has 3 aromatic rings. The molecule has 0 atom stereocenters. The Labute approximate surface area is 151 Å². The molecule has 25 heavy (non-hydrogen) atoms. The standard InChI is InChI=1S/C21H16ClN3/c22-18-13-11-17(12-14-18)21-15-20(16-7-3-1-4-8-16)23-25(24-21)19-9-5-2-6-10-19/h1-15,24H. The molecule has 0 radical (unpaired) electrons. The molecule has 0 bridgehead atoms. The molecule has 4 rings (SSSR count). The fourth-order valence-electron chi connectivity index (χ4n) is 2.66. The Bertz CT molecular complexity index is 916. The number of hydrogen-bond donors (Lipinski definition) is 1. The predicted octanol–water partition coefficient (Wildman–Crippen LogP) is 5.11. The van der Waals surface area contributed by atoms with Crippen molar-refractivity contribution in [1.29, 1.82) is 0 Å². The van der Waals surface area contributed by atoms with Crippen LogP contribution in [0.5, 0.6) is 0 Å². The highest BCUT2D eigenvalue weighted by Gasteiger charge is 2.16. The van der Waals surface area contributed by atoms with E-state index in [1.807, 2.05) is 72.8 Å². The Balaban J connectivity index is 1.78. The van der Waals surface area contributed by atoms with Crippen molar-refractivity contribution in [3.8, 4) is 0 Å². The van der Waals surface area contributed by atoms with Crippen molar-refractivity contribution < 1.29 is 0 Å². The fraction of sp³-hybridized carbons (Fsp3) is 0. The number of hydrazine groups is 1. The van der Waals surface area contributed by atoms with Gasteiger partial charge < -0.3 is 0 Å². The number of nitrogens with one attached hydrogen (secondary N) is 1. The summed E-state index contributed by atoms with van der Waals surface area (Å²) in [6.45, 7) is 0. The van der Waals surface area contributed by atoms with Crippen LogP contribution >= 0.6 is 11.6 Å². The third-order valence-corrected chi connectivity index (χ3v) is 4.19. The Morgan fingerprint density at radius 3 is 2.04 bits per heavy atom. The van der Waals surface area contributed by atoms with Crippen LogP contribution in [-0.2, 0) is 0 Å². The van der Waals surface area contributed by atoms with Crippen molar-refractivity contribution in [2.24, 2.45) is 5.10 Å². The van der Waals surface area contributed by atoms with Crippen molar-refractivity contribution in [3.63, 3.8) is 0 Å². The zero-order valence-electron chi connectivity index (χ0n) is 13.4. The molecular formula is C21H16ClN3. The lowest BCUT2D eigenvalue weighted by atomic mass is 10.1. The molecule has 1 N–H and O–H groups in total. The van der Waals surface area contributed by atoms with Crippen LogP contribution in [0.4, 0.5) is 5.69 Å². The number of halogens is 1. The van der Waals surface area contributed by atoms with Gasteiger partial charge in [0.25, 0.3) is 0 Å². The smallest absolute Gasteiger partial charge is 0.0949 e. The molecule has 0 saturated heterocycles. The predicted molar refractivity (Wildman–Crippen MR) is 104 cm³/mol. The van der Waals surface area contributed by atoms with Gasteiger partial charge in [0.15, 0.2) is 0 Å². The number of anilines is 1. The molecule has 0 saturated carbocycles. The Hall–Kier alpha value is -3.04. The van der Waals surface area contributed by atoms with Crippen LogP contribution in [-0.4, -0.2) is 5.71 Å². The lowest BCUT2D eigenvalue weighted by Gasteiger charge is -2.27. The first kappa shape index (κ1) is 15.5. The average Bonchev–Trinajstić information content (AvgIpc) is 2.69. The quantitative estimate of drug-likeness (QED) is 0.714. The summed E-state index contributed by atoms with van der Waals surface area (Å²) in [7, 11) is 0. The highest BCUT2D eigenvalue weighted by molar-refractivity contribution is 6.30. The number of allylic oxidation sites excluding steroid dienone is 1. The molecule has 3 aromatic carbocycles. The van der Waals surface area contributed by atoms with Crippen LogP contribution in [0.2, 0.25) is 5.02 Å². The minimum absolute atomic E-state index is 0.719. The number of para-hydroxylation sites is 1. The number of hydrogen-bond acceptors (Lipinski definition) is 3. The number of nitrogens with zero attached hydrogens (tertiary/aromatic N) is 2. The first-order chi connectivity index (χ1) is 12.3. The van der Waals surface area contributed by atoms with Gasteiger partial charge in [-0.05, 0) is 35.9 Å². The molecule has 4 heteroatoms. The van der Waals surface area contributed by atoms with Crippen molar-refractivity contribution in [2.75, 3.05) is 5.12 Å². The van der Waals surface area contributed by atoms with Crippen molar-refractivity contribution in [3.05, 3.63) is 107 Å². The van der Waals surface area contributed by atoms with Crippen LogP contribution in [0.25, 0.3) is 5.70 Å². The summed E-state index contributed by atoms with van der Waals surface area (Å²) in [5, 5.41) is 7.27. The van der Waals surface area contributed by atoms with E-state index in [-0.39, 0.29) is 0 Å². The fourth-order valence-corrected chi connectivity index (χ4v) is 2.79. The first-order valence-corrected chi connectivity index (χ1v) is 8.41. The summed E-state index contributed by atoms with van der Waals surface area (Å²) in [4.78, 5) is 0. The molecule has 0 fully saturated rings. The van der Waals surface area contributed by atoms with E-state index in [0.29, 0.717) is 0 Å². The van der Waals surface area contributed by atoms with Gasteiger partial charge in [-0.25, -0.2) is 0 Å². The number of hydrazone groups is 1. The molecule has 0 unspecified atom stereocenters. The zero-order chi connectivity index (χ0) is 17.1.